The molecule has 0 amide bonds. The molecule has 0 atom stereocenters. The molecule has 5 nitrogen and oxygen atoms in total. The van der Waals surface area contributed by atoms with E-state index in [-0.39, 0.29) is 42.7 Å². The van der Waals surface area contributed by atoms with E-state index < -0.39 is 0 Å². The summed E-state index contributed by atoms with van der Waals surface area (Å²) in [6, 6.07) is 53.4. The summed E-state index contributed by atoms with van der Waals surface area (Å²) in [5.74, 6) is 0.815. The first kappa shape index (κ1) is 47.3. The number of benzene rings is 7. The summed E-state index contributed by atoms with van der Waals surface area (Å²) in [4.78, 5) is 15.4. The predicted octanol–water partition coefficient (Wildman–Crippen LogP) is 15.7. The maximum Gasteiger partial charge on any atom is 2.00 e. The topological polar surface area (TPSA) is 67.4 Å². The minimum absolute atomic E-state index is 0. The molecule has 0 aliphatic carbocycles. The zero-order chi connectivity index (χ0) is 46.9. The molecule has 2 heterocycles. The van der Waals surface area contributed by atoms with Crippen LogP contribution in [0.2, 0.25) is 0 Å². The van der Waals surface area contributed by atoms with Crippen molar-refractivity contribution in [3.05, 3.63) is 168 Å². The van der Waals surface area contributed by atoms with Gasteiger partial charge in [0, 0.05) is 16.9 Å². The standard InChI is InChI=1S/C61H59N5.Pt/c1-58(2,3)35-38-21-25-49-52(28-38)63-37-64-55(49)51-32-42(29-41-27-39(36-62)22-24-47(41)51)48-19-16-20-54-56(48)65-57(43-30-45(60(7,8)9)33-46(31-43)61(10,11)12)66(54)53-26-23-44(59(4,5)6)34-50(53)40-17-14-13-15-18-40;/h13-30,33-34,37H,35H2,1-12H3;/q-2;+2. The van der Waals surface area contributed by atoms with Crippen molar-refractivity contribution in [1.82, 2.24) is 19.5 Å². The van der Waals surface area contributed by atoms with E-state index in [9.17, 15) is 5.26 Å². The Labute approximate surface area is 411 Å². The molecule has 0 N–H and O–H groups in total. The van der Waals surface area contributed by atoms with Crippen LogP contribution in [0.3, 0.4) is 0 Å². The van der Waals surface area contributed by atoms with Crippen molar-refractivity contribution in [1.29, 1.82) is 5.26 Å². The fraction of sp³-hybridized carbons (Fsp3) is 0.279. The molecule has 67 heavy (non-hydrogen) atoms. The summed E-state index contributed by atoms with van der Waals surface area (Å²) < 4.78 is 2.35. The number of hydrogen-bond acceptors (Lipinski definition) is 4. The number of hydrogen-bond donors (Lipinski definition) is 0. The summed E-state index contributed by atoms with van der Waals surface area (Å²) in [6.45, 7) is 27.2. The van der Waals surface area contributed by atoms with Gasteiger partial charge in [-0.15, -0.1) is 52.6 Å². The number of nitriles is 1. The Morgan fingerprint density at radius 1 is 0.612 bits per heavy atom. The normalized spacial score (nSPS) is 12.4. The molecular formula is C61H59N5Pt. The molecule has 9 aromatic rings. The second-order valence-electron chi connectivity index (χ2n) is 22.3. The summed E-state index contributed by atoms with van der Waals surface area (Å²) in [6.07, 6.45) is 2.60. The first-order chi connectivity index (χ1) is 31.2. The first-order valence-electron chi connectivity index (χ1n) is 23.1. The molecule has 0 radical (unpaired) electrons. The number of nitrogens with zero attached hydrogens (tertiary/aromatic N) is 5. The van der Waals surface area contributed by atoms with E-state index in [1.807, 2.05) is 18.2 Å². The summed E-state index contributed by atoms with van der Waals surface area (Å²) >= 11 is 0. The Morgan fingerprint density at radius 2 is 1.34 bits per heavy atom. The van der Waals surface area contributed by atoms with E-state index in [0.29, 0.717) is 5.56 Å². The third kappa shape index (κ3) is 9.39. The molecule has 0 saturated carbocycles. The molecule has 0 aliphatic heterocycles. The number of para-hydroxylation sites is 1. The van der Waals surface area contributed by atoms with Crippen LogP contribution < -0.4 is 0 Å². The second kappa shape index (κ2) is 17.5. The fourth-order valence-electron chi connectivity index (χ4n) is 9.04. The monoisotopic (exact) mass is 1060 g/mol. The van der Waals surface area contributed by atoms with Gasteiger partial charge in [-0.25, -0.2) is 4.98 Å². The minimum Gasteiger partial charge on any atom is -0.333 e. The van der Waals surface area contributed by atoms with E-state index in [4.69, 9.17) is 15.0 Å². The van der Waals surface area contributed by atoms with Crippen molar-refractivity contribution < 1.29 is 21.1 Å². The fourth-order valence-corrected chi connectivity index (χ4v) is 9.04. The molecule has 0 aliphatic rings. The van der Waals surface area contributed by atoms with Crippen LogP contribution in [0.15, 0.2) is 128 Å². The van der Waals surface area contributed by atoms with Gasteiger partial charge in [-0.2, -0.15) is 5.26 Å². The van der Waals surface area contributed by atoms with Crippen molar-refractivity contribution >= 4 is 32.7 Å². The Balaban J connectivity index is 0.00000608. The molecular weight excluding hydrogens is 998 g/mol. The van der Waals surface area contributed by atoms with Gasteiger partial charge >= 0.3 is 21.1 Å². The molecule has 0 fully saturated rings. The van der Waals surface area contributed by atoms with E-state index in [0.717, 1.165) is 95.3 Å². The minimum atomic E-state index is -0.153. The average molecular weight is 1060 g/mol. The maximum atomic E-state index is 10.1. The van der Waals surface area contributed by atoms with Crippen LogP contribution in [-0.2, 0) is 43.7 Å². The van der Waals surface area contributed by atoms with E-state index in [2.05, 4.69) is 209 Å². The van der Waals surface area contributed by atoms with Gasteiger partial charge in [-0.3, -0.25) is 9.97 Å². The molecule has 2 aromatic heterocycles. The second-order valence-corrected chi connectivity index (χ2v) is 22.3. The van der Waals surface area contributed by atoms with E-state index in [1.165, 1.54) is 16.7 Å². The third-order valence-electron chi connectivity index (χ3n) is 12.6. The molecule has 6 heteroatoms. The van der Waals surface area contributed by atoms with Crippen molar-refractivity contribution in [3.8, 4) is 56.7 Å². The van der Waals surface area contributed by atoms with Gasteiger partial charge in [0.15, 0.2) is 0 Å². The molecule has 7 aromatic carbocycles. The quantitative estimate of drug-likeness (QED) is 0.156. The number of aromatic nitrogens is 4. The molecule has 0 unspecified atom stereocenters. The largest absolute Gasteiger partial charge is 2.00 e. The van der Waals surface area contributed by atoms with Crippen molar-refractivity contribution in [2.24, 2.45) is 5.41 Å². The zero-order valence-corrected chi connectivity index (χ0v) is 43.2. The van der Waals surface area contributed by atoms with Crippen LogP contribution in [0.4, 0.5) is 0 Å². The van der Waals surface area contributed by atoms with Crippen LogP contribution >= 0.6 is 0 Å². The van der Waals surface area contributed by atoms with Crippen LogP contribution in [0.1, 0.15) is 111 Å². The molecule has 0 spiro atoms. The van der Waals surface area contributed by atoms with Crippen molar-refractivity contribution in [2.75, 3.05) is 0 Å². The summed E-state index contributed by atoms with van der Waals surface area (Å²) in [5.41, 5.74) is 15.6. The number of fused-ring (bicyclic) bond motifs is 3. The van der Waals surface area contributed by atoms with Gasteiger partial charge in [0.25, 0.3) is 0 Å². The smallest absolute Gasteiger partial charge is 0.333 e. The average Bonchev–Trinajstić information content (AvgIpc) is 3.66. The van der Waals surface area contributed by atoms with Crippen LogP contribution in [0.5, 0.6) is 0 Å². The van der Waals surface area contributed by atoms with Gasteiger partial charge in [0.2, 0.25) is 0 Å². The Bertz CT molecular complexity index is 3350. The SMILES string of the molecule is CC(C)(C)Cc1ccc2c(-c3[c-]c(-c4cccc5c4nc(-c4[c-]c(C(C)(C)C)cc(C(C)(C)C)c4)n5-c4ccc(C(C)(C)C)cc4-c4ccccc4)cc4cc(C#N)ccc34)ncnc2c1.[Pt+2]. The zero-order valence-electron chi connectivity index (χ0n) is 40.9. The van der Waals surface area contributed by atoms with E-state index >= 15 is 0 Å². The van der Waals surface area contributed by atoms with Gasteiger partial charge in [-0.1, -0.05) is 184 Å². The number of rotatable bonds is 6. The van der Waals surface area contributed by atoms with Crippen molar-refractivity contribution in [2.45, 2.75) is 106 Å². The van der Waals surface area contributed by atoms with Crippen LogP contribution in [0, 0.1) is 28.9 Å². The summed E-state index contributed by atoms with van der Waals surface area (Å²) in [5, 5.41) is 13.0. The molecule has 338 valence electrons. The Morgan fingerprint density at radius 3 is 2.03 bits per heavy atom. The van der Waals surface area contributed by atoms with E-state index in [1.54, 1.807) is 6.33 Å². The molecule has 0 saturated heterocycles. The number of imidazole rings is 1. The molecule has 0 bridgehead atoms. The van der Waals surface area contributed by atoms with Gasteiger partial charge in [0.1, 0.15) is 6.33 Å². The van der Waals surface area contributed by atoms with Gasteiger partial charge in [0.05, 0.1) is 34.0 Å². The first-order valence-corrected chi connectivity index (χ1v) is 23.1. The third-order valence-corrected chi connectivity index (χ3v) is 12.6. The predicted molar refractivity (Wildman–Crippen MR) is 275 cm³/mol. The maximum absolute atomic E-state index is 10.1. The van der Waals surface area contributed by atoms with Gasteiger partial charge < -0.3 is 4.57 Å². The Kier molecular flexibility index (Phi) is 12.3. The molecule has 9 rings (SSSR count). The Hall–Kier alpha value is -6.21. The van der Waals surface area contributed by atoms with Crippen molar-refractivity contribution in [3.63, 3.8) is 0 Å². The van der Waals surface area contributed by atoms with Gasteiger partial charge in [-0.05, 0) is 74.4 Å². The summed E-state index contributed by atoms with van der Waals surface area (Å²) in [7, 11) is 0. The van der Waals surface area contributed by atoms with Crippen LogP contribution in [0.25, 0.3) is 83.3 Å². The van der Waals surface area contributed by atoms with Crippen LogP contribution in [-0.4, -0.2) is 19.5 Å².